The van der Waals surface area contributed by atoms with E-state index in [2.05, 4.69) is 20.9 Å². The highest BCUT2D eigenvalue weighted by Crippen LogP contribution is 2.32. The Bertz CT molecular complexity index is 1840. The smallest absolute Gasteiger partial charge is 0.272 e. The molecule has 1 aromatic heterocycles. The standard InChI is InChI=1S/C35H30N4O5S2/c1-43-26-16-12-23(13-17-26)20-29(37-33(41)24-8-4-3-5-9-24)34(42)36-25-14-18-27(19-15-25)45-22-32(40)39-35-38-30(21-46-35)28-10-6-7-11-31(28)44-2/h3-21H,22H2,1-2H3,(H,36,42)(H,37,41)(H,38,39,40)/b29-20-. The van der Waals surface area contributed by atoms with Gasteiger partial charge in [-0.2, -0.15) is 0 Å². The van der Waals surface area contributed by atoms with Gasteiger partial charge in [0.25, 0.3) is 11.8 Å². The van der Waals surface area contributed by atoms with Gasteiger partial charge in [0.05, 0.1) is 25.7 Å². The molecule has 11 heteroatoms. The van der Waals surface area contributed by atoms with E-state index in [1.807, 2.05) is 47.8 Å². The van der Waals surface area contributed by atoms with Crippen molar-refractivity contribution in [2.45, 2.75) is 4.90 Å². The number of benzene rings is 4. The van der Waals surface area contributed by atoms with E-state index in [4.69, 9.17) is 9.47 Å². The maximum atomic E-state index is 13.3. The van der Waals surface area contributed by atoms with Crippen LogP contribution in [0.3, 0.4) is 0 Å². The van der Waals surface area contributed by atoms with Crippen molar-refractivity contribution in [2.75, 3.05) is 30.6 Å². The van der Waals surface area contributed by atoms with Crippen molar-refractivity contribution in [3.63, 3.8) is 0 Å². The number of para-hydroxylation sites is 1. The lowest BCUT2D eigenvalue weighted by Crippen LogP contribution is -2.30. The molecule has 9 nitrogen and oxygen atoms in total. The quantitative estimate of drug-likeness (QED) is 0.0986. The van der Waals surface area contributed by atoms with Gasteiger partial charge in [-0.25, -0.2) is 4.98 Å². The molecule has 0 saturated heterocycles. The van der Waals surface area contributed by atoms with E-state index in [-0.39, 0.29) is 17.4 Å². The summed E-state index contributed by atoms with van der Waals surface area (Å²) in [5.74, 6) is 0.474. The molecule has 0 aliphatic carbocycles. The fraction of sp³-hybridized carbons (Fsp3) is 0.0857. The van der Waals surface area contributed by atoms with Gasteiger partial charge in [-0.15, -0.1) is 23.1 Å². The number of hydrogen-bond donors (Lipinski definition) is 3. The molecule has 232 valence electrons. The van der Waals surface area contributed by atoms with Crippen LogP contribution in [0.25, 0.3) is 17.3 Å². The van der Waals surface area contributed by atoms with Crippen LogP contribution in [0, 0.1) is 0 Å². The Morgan fingerprint density at radius 2 is 1.54 bits per heavy atom. The van der Waals surface area contributed by atoms with Gasteiger partial charge in [0.15, 0.2) is 5.13 Å². The van der Waals surface area contributed by atoms with Crippen LogP contribution < -0.4 is 25.4 Å². The van der Waals surface area contributed by atoms with Crippen molar-refractivity contribution in [2.24, 2.45) is 0 Å². The molecule has 1 heterocycles. The minimum absolute atomic E-state index is 0.0743. The molecular formula is C35H30N4O5S2. The first-order valence-electron chi connectivity index (χ1n) is 14.1. The first-order valence-corrected chi connectivity index (χ1v) is 15.9. The summed E-state index contributed by atoms with van der Waals surface area (Å²) in [5, 5.41) is 10.8. The van der Waals surface area contributed by atoms with Gasteiger partial charge in [0.1, 0.15) is 17.2 Å². The molecule has 0 atom stereocenters. The van der Waals surface area contributed by atoms with Gasteiger partial charge in [0, 0.05) is 27.1 Å². The summed E-state index contributed by atoms with van der Waals surface area (Å²) >= 11 is 2.70. The lowest BCUT2D eigenvalue weighted by molar-refractivity contribution is -0.114. The van der Waals surface area contributed by atoms with Crippen LogP contribution in [0.1, 0.15) is 15.9 Å². The topological polar surface area (TPSA) is 119 Å². The summed E-state index contributed by atoms with van der Waals surface area (Å²) in [4.78, 5) is 44.2. The Hall–Kier alpha value is -5.39. The monoisotopic (exact) mass is 650 g/mol. The number of amides is 3. The van der Waals surface area contributed by atoms with Gasteiger partial charge in [-0.3, -0.25) is 14.4 Å². The SMILES string of the molecule is COc1ccc(/C=C(\NC(=O)c2ccccc2)C(=O)Nc2ccc(SCC(=O)Nc3nc(-c4ccccc4OC)cs3)cc2)cc1. The summed E-state index contributed by atoms with van der Waals surface area (Å²) in [6.45, 7) is 0. The molecule has 5 aromatic rings. The van der Waals surface area contributed by atoms with E-state index in [1.54, 1.807) is 81.0 Å². The Morgan fingerprint density at radius 1 is 0.826 bits per heavy atom. The largest absolute Gasteiger partial charge is 0.497 e. The molecule has 4 aromatic carbocycles. The summed E-state index contributed by atoms with van der Waals surface area (Å²) in [5.41, 5.74) is 3.31. The molecule has 0 unspecified atom stereocenters. The van der Waals surface area contributed by atoms with E-state index in [9.17, 15) is 14.4 Å². The zero-order chi connectivity index (χ0) is 32.3. The summed E-state index contributed by atoms with van der Waals surface area (Å²) in [7, 11) is 3.18. The number of rotatable bonds is 12. The summed E-state index contributed by atoms with van der Waals surface area (Å²) < 4.78 is 10.6. The number of thiazole rings is 1. The van der Waals surface area contributed by atoms with Crippen molar-refractivity contribution < 1.29 is 23.9 Å². The maximum Gasteiger partial charge on any atom is 0.272 e. The third kappa shape index (κ3) is 8.62. The summed E-state index contributed by atoms with van der Waals surface area (Å²) in [6, 6.07) is 30.5. The molecule has 0 fully saturated rings. The highest BCUT2D eigenvalue weighted by atomic mass is 32.2. The fourth-order valence-electron chi connectivity index (χ4n) is 4.26. The number of methoxy groups -OCH3 is 2. The maximum absolute atomic E-state index is 13.3. The third-order valence-corrected chi connectivity index (χ3v) is 8.34. The number of ether oxygens (including phenoxy) is 2. The first kappa shape index (κ1) is 32.0. The Morgan fingerprint density at radius 3 is 2.26 bits per heavy atom. The third-order valence-electron chi connectivity index (χ3n) is 6.57. The van der Waals surface area contributed by atoms with Crippen LogP contribution in [0.5, 0.6) is 11.5 Å². The number of aromatic nitrogens is 1. The number of thioether (sulfide) groups is 1. The molecular weight excluding hydrogens is 621 g/mol. The molecule has 0 spiro atoms. The Labute approximate surface area is 274 Å². The zero-order valence-corrected chi connectivity index (χ0v) is 26.6. The molecule has 0 aliphatic rings. The van der Waals surface area contributed by atoms with Crippen molar-refractivity contribution in [3.8, 4) is 22.8 Å². The number of nitrogens with one attached hydrogen (secondary N) is 3. The molecule has 5 rings (SSSR count). The molecule has 3 N–H and O–H groups in total. The number of carbonyl (C=O) groups is 3. The minimum Gasteiger partial charge on any atom is -0.497 e. The molecule has 0 aliphatic heterocycles. The van der Waals surface area contributed by atoms with Gasteiger partial charge < -0.3 is 25.4 Å². The average molecular weight is 651 g/mol. The second-order valence-corrected chi connectivity index (χ2v) is 11.6. The van der Waals surface area contributed by atoms with E-state index in [0.29, 0.717) is 33.4 Å². The van der Waals surface area contributed by atoms with Crippen LogP contribution in [-0.2, 0) is 9.59 Å². The van der Waals surface area contributed by atoms with E-state index in [0.717, 1.165) is 16.2 Å². The number of anilines is 2. The summed E-state index contributed by atoms with van der Waals surface area (Å²) in [6.07, 6.45) is 1.60. The molecule has 46 heavy (non-hydrogen) atoms. The molecule has 0 bridgehead atoms. The van der Waals surface area contributed by atoms with Crippen LogP contribution in [0.2, 0.25) is 0 Å². The Balaban J connectivity index is 1.19. The van der Waals surface area contributed by atoms with Crippen molar-refractivity contribution >= 4 is 57.7 Å². The molecule has 0 saturated carbocycles. The van der Waals surface area contributed by atoms with Crippen LogP contribution in [0.15, 0.2) is 119 Å². The van der Waals surface area contributed by atoms with E-state index >= 15 is 0 Å². The van der Waals surface area contributed by atoms with Crippen molar-refractivity contribution in [3.05, 3.63) is 125 Å². The highest BCUT2D eigenvalue weighted by molar-refractivity contribution is 8.00. The highest BCUT2D eigenvalue weighted by Gasteiger charge is 2.16. The lowest BCUT2D eigenvalue weighted by Gasteiger charge is -2.12. The first-order chi connectivity index (χ1) is 22.4. The average Bonchev–Trinajstić information content (AvgIpc) is 3.56. The van der Waals surface area contributed by atoms with Gasteiger partial charge >= 0.3 is 0 Å². The van der Waals surface area contributed by atoms with Crippen LogP contribution in [-0.4, -0.2) is 42.7 Å². The normalized spacial score (nSPS) is 11.0. The van der Waals surface area contributed by atoms with Crippen LogP contribution >= 0.6 is 23.1 Å². The molecule has 3 amide bonds. The molecule has 0 radical (unpaired) electrons. The second kappa shape index (κ2) is 15.6. The lowest BCUT2D eigenvalue weighted by atomic mass is 10.1. The number of carbonyl (C=O) groups excluding carboxylic acids is 3. The van der Waals surface area contributed by atoms with Crippen molar-refractivity contribution in [1.29, 1.82) is 0 Å². The predicted molar refractivity (Wildman–Crippen MR) is 183 cm³/mol. The number of nitrogens with zero attached hydrogens (tertiary/aromatic N) is 1. The van der Waals surface area contributed by atoms with E-state index < -0.39 is 11.8 Å². The van der Waals surface area contributed by atoms with Gasteiger partial charge in [0.2, 0.25) is 5.91 Å². The van der Waals surface area contributed by atoms with Crippen molar-refractivity contribution in [1.82, 2.24) is 10.3 Å². The Kier molecular flexibility index (Phi) is 10.8. The zero-order valence-electron chi connectivity index (χ0n) is 25.0. The minimum atomic E-state index is -0.490. The second-order valence-electron chi connectivity index (χ2n) is 9.70. The van der Waals surface area contributed by atoms with Crippen LogP contribution in [0.4, 0.5) is 10.8 Å². The van der Waals surface area contributed by atoms with E-state index in [1.165, 1.54) is 23.1 Å². The number of hydrogen-bond acceptors (Lipinski definition) is 8. The van der Waals surface area contributed by atoms with Gasteiger partial charge in [-0.05, 0) is 72.3 Å². The van der Waals surface area contributed by atoms with Gasteiger partial charge in [-0.1, -0.05) is 42.5 Å². The fourth-order valence-corrected chi connectivity index (χ4v) is 5.68. The predicted octanol–water partition coefficient (Wildman–Crippen LogP) is 6.97.